The first-order chi connectivity index (χ1) is 12.2. The van der Waals surface area contributed by atoms with Crippen LogP contribution in [0.3, 0.4) is 0 Å². The number of benzene rings is 2. The molecule has 0 aliphatic heterocycles. The summed E-state index contributed by atoms with van der Waals surface area (Å²) in [6.45, 7) is 5.80. The molecule has 0 unspecified atom stereocenters. The summed E-state index contributed by atoms with van der Waals surface area (Å²) < 4.78 is 5.20. The van der Waals surface area contributed by atoms with Gasteiger partial charge in [0.1, 0.15) is 5.60 Å². The molecule has 2 aromatic rings. The zero-order chi connectivity index (χ0) is 19.3. The third kappa shape index (κ3) is 5.77. The third-order valence-electron chi connectivity index (χ3n) is 3.49. The highest BCUT2D eigenvalue weighted by Gasteiger charge is 2.17. The van der Waals surface area contributed by atoms with Crippen LogP contribution >= 0.6 is 11.6 Å². The van der Waals surface area contributed by atoms with Gasteiger partial charge in [0.25, 0.3) is 5.91 Å². The fraction of sp³-hybridized carbons (Fsp3) is 0.300. The van der Waals surface area contributed by atoms with Gasteiger partial charge in [0, 0.05) is 29.9 Å². The van der Waals surface area contributed by atoms with Crippen molar-refractivity contribution in [2.45, 2.75) is 32.9 Å². The molecular weight excluding hydrogens is 352 g/mol. The second-order valence-electron chi connectivity index (χ2n) is 6.96. The number of anilines is 1. The number of rotatable bonds is 4. The predicted octanol–water partition coefficient (Wildman–Crippen LogP) is 4.96. The van der Waals surface area contributed by atoms with E-state index in [-0.39, 0.29) is 5.91 Å². The number of amides is 2. The summed E-state index contributed by atoms with van der Waals surface area (Å²) in [5.74, 6) is -0.131. The molecule has 0 saturated heterocycles. The smallest absolute Gasteiger partial charge is 0.412 e. The van der Waals surface area contributed by atoms with Crippen LogP contribution < -0.4 is 5.32 Å². The first-order valence-electron chi connectivity index (χ1n) is 8.24. The molecule has 0 heterocycles. The number of hydrogen-bond acceptors (Lipinski definition) is 3. The number of carbonyl (C=O) groups excluding carboxylic acids is 2. The predicted molar refractivity (Wildman–Crippen MR) is 104 cm³/mol. The Labute approximate surface area is 158 Å². The third-order valence-corrected chi connectivity index (χ3v) is 3.86. The highest BCUT2D eigenvalue weighted by Crippen LogP contribution is 2.18. The van der Waals surface area contributed by atoms with E-state index >= 15 is 0 Å². The van der Waals surface area contributed by atoms with E-state index in [9.17, 15) is 9.59 Å². The van der Waals surface area contributed by atoms with E-state index in [0.29, 0.717) is 22.8 Å². The Morgan fingerprint density at radius 2 is 1.69 bits per heavy atom. The summed E-state index contributed by atoms with van der Waals surface area (Å²) in [6, 6.07) is 14.1. The van der Waals surface area contributed by atoms with Crippen molar-refractivity contribution in [3.8, 4) is 0 Å². The maximum absolute atomic E-state index is 12.6. The molecule has 1 N–H and O–H groups in total. The van der Waals surface area contributed by atoms with Gasteiger partial charge in [-0.05, 0) is 56.7 Å². The summed E-state index contributed by atoms with van der Waals surface area (Å²) in [5.41, 5.74) is 1.40. The molecule has 0 atom stereocenters. The maximum Gasteiger partial charge on any atom is 0.412 e. The van der Waals surface area contributed by atoms with Crippen molar-refractivity contribution < 1.29 is 14.3 Å². The number of nitrogens with zero attached hydrogens (tertiary/aromatic N) is 1. The largest absolute Gasteiger partial charge is 0.444 e. The first-order valence-corrected chi connectivity index (χ1v) is 8.62. The van der Waals surface area contributed by atoms with Gasteiger partial charge in [-0.15, -0.1) is 0 Å². The van der Waals surface area contributed by atoms with Crippen LogP contribution in [-0.4, -0.2) is 29.5 Å². The summed E-state index contributed by atoms with van der Waals surface area (Å²) in [7, 11) is 1.72. The van der Waals surface area contributed by atoms with E-state index in [4.69, 9.17) is 16.3 Å². The minimum absolute atomic E-state index is 0.131. The van der Waals surface area contributed by atoms with Gasteiger partial charge in [0.15, 0.2) is 0 Å². The molecule has 6 heteroatoms. The highest BCUT2D eigenvalue weighted by atomic mass is 35.5. The topological polar surface area (TPSA) is 58.6 Å². The molecule has 0 radical (unpaired) electrons. The molecule has 0 spiro atoms. The second-order valence-corrected chi connectivity index (χ2v) is 7.36. The van der Waals surface area contributed by atoms with Gasteiger partial charge in [-0.3, -0.25) is 10.1 Å². The summed E-state index contributed by atoms with van der Waals surface area (Å²) in [4.78, 5) is 25.9. The van der Waals surface area contributed by atoms with Gasteiger partial charge < -0.3 is 9.64 Å². The van der Waals surface area contributed by atoms with Gasteiger partial charge >= 0.3 is 6.09 Å². The van der Waals surface area contributed by atoms with Crippen LogP contribution in [-0.2, 0) is 11.3 Å². The Hall–Kier alpha value is -2.53. The van der Waals surface area contributed by atoms with Crippen LogP contribution in [0.25, 0.3) is 0 Å². The Kier molecular flexibility index (Phi) is 6.27. The lowest BCUT2D eigenvalue weighted by Crippen LogP contribution is -2.27. The Morgan fingerprint density at radius 3 is 2.27 bits per heavy atom. The zero-order valence-corrected chi connectivity index (χ0v) is 16.1. The van der Waals surface area contributed by atoms with Crippen molar-refractivity contribution in [1.29, 1.82) is 0 Å². The number of halogens is 1. The molecule has 0 aliphatic carbocycles. The van der Waals surface area contributed by atoms with Gasteiger partial charge in [0.2, 0.25) is 0 Å². The van der Waals surface area contributed by atoms with Crippen LogP contribution in [0, 0.1) is 0 Å². The van der Waals surface area contributed by atoms with Gasteiger partial charge in [0.05, 0.1) is 0 Å². The van der Waals surface area contributed by atoms with E-state index in [0.717, 1.165) is 5.56 Å². The summed E-state index contributed by atoms with van der Waals surface area (Å²) in [5, 5.41) is 3.27. The van der Waals surface area contributed by atoms with Gasteiger partial charge in [-0.1, -0.05) is 29.8 Å². The Balaban J connectivity index is 1.99. The normalized spacial score (nSPS) is 11.0. The average molecular weight is 375 g/mol. The summed E-state index contributed by atoms with van der Waals surface area (Å²) in [6.07, 6.45) is -0.535. The molecule has 0 saturated carbocycles. The lowest BCUT2D eigenvalue weighted by atomic mass is 10.1. The highest BCUT2D eigenvalue weighted by molar-refractivity contribution is 6.31. The van der Waals surface area contributed by atoms with Crippen molar-refractivity contribution in [3.05, 3.63) is 64.7 Å². The molecule has 0 fully saturated rings. The molecule has 5 nitrogen and oxygen atoms in total. The lowest BCUT2D eigenvalue weighted by molar-refractivity contribution is 0.0635. The number of nitrogens with one attached hydrogen (secondary N) is 1. The molecule has 138 valence electrons. The van der Waals surface area contributed by atoms with E-state index in [1.807, 2.05) is 18.2 Å². The van der Waals surface area contributed by atoms with Crippen LogP contribution in [0.15, 0.2) is 48.5 Å². The summed E-state index contributed by atoms with van der Waals surface area (Å²) >= 11 is 6.14. The van der Waals surface area contributed by atoms with Crippen molar-refractivity contribution in [1.82, 2.24) is 4.90 Å². The van der Waals surface area contributed by atoms with E-state index < -0.39 is 11.7 Å². The fourth-order valence-electron chi connectivity index (χ4n) is 2.29. The molecular formula is C20H23ClN2O3. The first kappa shape index (κ1) is 19.8. The fourth-order valence-corrected chi connectivity index (χ4v) is 2.49. The van der Waals surface area contributed by atoms with Crippen molar-refractivity contribution in [2.75, 3.05) is 12.4 Å². The molecule has 2 amide bonds. The Bertz CT molecular complexity index is 782. The SMILES string of the molecule is CN(Cc1ccccc1Cl)C(=O)c1ccc(NC(=O)OC(C)(C)C)cc1. The van der Waals surface area contributed by atoms with E-state index in [1.165, 1.54) is 0 Å². The standard InChI is InChI=1S/C20H23ClN2O3/c1-20(2,3)26-19(25)22-16-11-9-14(10-12-16)18(24)23(4)13-15-7-5-6-8-17(15)21/h5-12H,13H2,1-4H3,(H,22,25). The lowest BCUT2D eigenvalue weighted by Gasteiger charge is -2.20. The molecule has 0 bridgehead atoms. The molecule has 2 aromatic carbocycles. The molecule has 0 aliphatic rings. The van der Waals surface area contributed by atoms with Crippen molar-refractivity contribution >= 4 is 29.3 Å². The molecule has 0 aromatic heterocycles. The van der Waals surface area contributed by atoms with Gasteiger partial charge in [-0.2, -0.15) is 0 Å². The minimum atomic E-state index is -0.568. The van der Waals surface area contributed by atoms with Crippen LogP contribution in [0.2, 0.25) is 5.02 Å². The maximum atomic E-state index is 12.6. The number of carbonyl (C=O) groups is 2. The molecule has 2 rings (SSSR count). The Morgan fingerprint density at radius 1 is 1.08 bits per heavy atom. The monoisotopic (exact) mass is 374 g/mol. The van der Waals surface area contributed by atoms with Crippen LogP contribution in [0.1, 0.15) is 36.7 Å². The van der Waals surface area contributed by atoms with Crippen LogP contribution in [0.4, 0.5) is 10.5 Å². The second kappa shape index (κ2) is 8.23. The van der Waals surface area contributed by atoms with E-state index in [2.05, 4.69) is 5.32 Å². The van der Waals surface area contributed by atoms with Crippen molar-refractivity contribution in [2.24, 2.45) is 0 Å². The zero-order valence-electron chi connectivity index (χ0n) is 15.4. The number of hydrogen-bond donors (Lipinski definition) is 1. The van der Waals surface area contributed by atoms with E-state index in [1.54, 1.807) is 63.1 Å². The molecule has 26 heavy (non-hydrogen) atoms. The minimum Gasteiger partial charge on any atom is -0.444 e. The quantitative estimate of drug-likeness (QED) is 0.822. The number of ether oxygens (including phenoxy) is 1. The van der Waals surface area contributed by atoms with Crippen LogP contribution in [0.5, 0.6) is 0 Å². The van der Waals surface area contributed by atoms with Gasteiger partial charge in [-0.25, -0.2) is 4.79 Å². The van der Waals surface area contributed by atoms with Crippen molar-refractivity contribution in [3.63, 3.8) is 0 Å². The average Bonchev–Trinajstić information content (AvgIpc) is 2.55.